The highest BCUT2D eigenvalue weighted by Gasteiger charge is 2.11. The quantitative estimate of drug-likeness (QED) is 0.364. The highest BCUT2D eigenvalue weighted by Crippen LogP contribution is 2.28. The molecule has 1 unspecified atom stereocenters. The monoisotopic (exact) mass is 345 g/mol. The first-order valence-electron chi connectivity index (χ1n) is 10.6. The van der Waals surface area contributed by atoms with E-state index in [1.807, 2.05) is 0 Å². The molecule has 1 N–H and O–H groups in total. The number of nitrogens with one attached hydrogen (secondary N) is 1. The van der Waals surface area contributed by atoms with Gasteiger partial charge >= 0.3 is 0 Å². The maximum Gasteiger partial charge on any atom is 0.0167 e. The van der Waals surface area contributed by atoms with Gasteiger partial charge in [0.15, 0.2) is 0 Å². The molecule has 1 rings (SSSR count). The van der Waals surface area contributed by atoms with Crippen LogP contribution in [-0.2, 0) is 0 Å². The van der Waals surface area contributed by atoms with Gasteiger partial charge in [-0.3, -0.25) is 0 Å². The minimum Gasteiger partial charge on any atom is -0.310 e. The Kier molecular flexibility index (Phi) is 11.1. The van der Waals surface area contributed by atoms with E-state index in [9.17, 15) is 0 Å². The van der Waals surface area contributed by atoms with Crippen LogP contribution in [0.25, 0.3) is 0 Å². The maximum absolute atomic E-state index is 3.66. The molecule has 0 aromatic carbocycles. The zero-order valence-corrected chi connectivity index (χ0v) is 17.9. The maximum atomic E-state index is 3.66. The van der Waals surface area contributed by atoms with Crippen LogP contribution in [-0.4, -0.2) is 12.6 Å². The van der Waals surface area contributed by atoms with Crippen molar-refractivity contribution in [1.82, 2.24) is 5.32 Å². The lowest BCUT2D eigenvalue weighted by Gasteiger charge is -2.21. The van der Waals surface area contributed by atoms with Gasteiger partial charge in [-0.25, -0.2) is 0 Å². The van der Waals surface area contributed by atoms with Gasteiger partial charge in [0.25, 0.3) is 0 Å². The first-order valence-corrected chi connectivity index (χ1v) is 10.6. The molecule has 0 spiro atoms. The Morgan fingerprint density at radius 3 is 2.28 bits per heavy atom. The first-order chi connectivity index (χ1) is 11.9. The van der Waals surface area contributed by atoms with Crippen LogP contribution in [0.3, 0.4) is 0 Å². The SMILES string of the molecule is CC(CCC=CCC(C)NCC(C)=C1CCC1)=C(C)CCCC(C)C. The van der Waals surface area contributed by atoms with Crippen LogP contribution in [0.4, 0.5) is 0 Å². The van der Waals surface area contributed by atoms with E-state index in [2.05, 4.69) is 59.0 Å². The standard InChI is InChI=1S/C24H43N/c1-19(2)12-10-14-21(4)20(3)13-8-7-9-15-23(6)25-18-22(5)24-16-11-17-24/h7,9,19,23,25H,8,10-18H2,1-6H3. The second-order valence-corrected chi connectivity index (χ2v) is 8.61. The summed E-state index contributed by atoms with van der Waals surface area (Å²) in [5.74, 6) is 0.834. The van der Waals surface area contributed by atoms with Gasteiger partial charge in [0.1, 0.15) is 0 Å². The summed E-state index contributed by atoms with van der Waals surface area (Å²) in [5, 5.41) is 3.66. The van der Waals surface area contributed by atoms with E-state index in [-0.39, 0.29) is 0 Å². The molecule has 0 saturated heterocycles. The topological polar surface area (TPSA) is 12.0 Å². The summed E-state index contributed by atoms with van der Waals surface area (Å²) in [7, 11) is 0. The van der Waals surface area contributed by atoms with Crippen molar-refractivity contribution in [3.63, 3.8) is 0 Å². The van der Waals surface area contributed by atoms with E-state index in [1.165, 1.54) is 51.4 Å². The lowest BCUT2D eigenvalue weighted by Crippen LogP contribution is -2.27. The molecule has 0 aromatic heterocycles. The third-order valence-electron chi connectivity index (χ3n) is 5.68. The number of allylic oxidation sites excluding steroid dienone is 4. The average Bonchev–Trinajstić information content (AvgIpc) is 2.50. The predicted octanol–water partition coefficient (Wildman–Crippen LogP) is 7.35. The molecule has 1 heteroatoms. The normalized spacial score (nSPS) is 17.0. The molecule has 144 valence electrons. The van der Waals surface area contributed by atoms with Crippen LogP contribution in [0.2, 0.25) is 0 Å². The van der Waals surface area contributed by atoms with Crippen LogP contribution in [0, 0.1) is 5.92 Å². The Labute approximate surface area is 158 Å². The van der Waals surface area contributed by atoms with Gasteiger partial charge in [0, 0.05) is 12.6 Å². The largest absolute Gasteiger partial charge is 0.310 e. The molecular weight excluding hydrogens is 302 g/mol. The molecule has 0 aromatic rings. The number of hydrogen-bond acceptors (Lipinski definition) is 1. The van der Waals surface area contributed by atoms with Gasteiger partial charge in [0.05, 0.1) is 0 Å². The first kappa shape index (κ1) is 22.2. The smallest absolute Gasteiger partial charge is 0.0167 e. The van der Waals surface area contributed by atoms with Crippen molar-refractivity contribution in [3.05, 3.63) is 34.4 Å². The van der Waals surface area contributed by atoms with E-state index in [1.54, 1.807) is 22.3 Å². The molecular formula is C24H43N. The van der Waals surface area contributed by atoms with E-state index in [0.29, 0.717) is 6.04 Å². The Morgan fingerprint density at radius 2 is 1.68 bits per heavy atom. The zero-order chi connectivity index (χ0) is 18.7. The molecule has 25 heavy (non-hydrogen) atoms. The van der Waals surface area contributed by atoms with Crippen molar-refractivity contribution >= 4 is 0 Å². The highest BCUT2D eigenvalue weighted by atomic mass is 14.9. The summed E-state index contributed by atoms with van der Waals surface area (Å²) >= 11 is 0. The summed E-state index contributed by atoms with van der Waals surface area (Å²) in [4.78, 5) is 0. The van der Waals surface area contributed by atoms with Crippen molar-refractivity contribution in [1.29, 1.82) is 0 Å². The van der Waals surface area contributed by atoms with Gasteiger partial charge in [-0.1, -0.05) is 54.7 Å². The van der Waals surface area contributed by atoms with Crippen LogP contribution in [0.5, 0.6) is 0 Å². The van der Waals surface area contributed by atoms with E-state index in [0.717, 1.165) is 18.9 Å². The van der Waals surface area contributed by atoms with Crippen LogP contribution in [0.15, 0.2) is 34.4 Å². The second kappa shape index (κ2) is 12.5. The van der Waals surface area contributed by atoms with Gasteiger partial charge < -0.3 is 5.32 Å². The van der Waals surface area contributed by atoms with Crippen LogP contribution in [0.1, 0.15) is 99.3 Å². The molecule has 1 nitrogen and oxygen atoms in total. The molecule has 0 radical (unpaired) electrons. The van der Waals surface area contributed by atoms with Crippen LogP contribution >= 0.6 is 0 Å². The Bertz CT molecular complexity index is 458. The molecule has 0 aliphatic heterocycles. The molecule has 0 amide bonds. The fourth-order valence-corrected chi connectivity index (χ4v) is 3.24. The summed E-state index contributed by atoms with van der Waals surface area (Å²) in [6.45, 7) is 14.9. The molecule has 1 atom stereocenters. The van der Waals surface area contributed by atoms with Gasteiger partial charge in [-0.05, 0) is 85.0 Å². The molecule has 1 fully saturated rings. The molecule has 1 saturated carbocycles. The summed E-state index contributed by atoms with van der Waals surface area (Å²) in [5.41, 5.74) is 6.49. The summed E-state index contributed by atoms with van der Waals surface area (Å²) in [6.07, 6.45) is 16.3. The predicted molar refractivity (Wildman–Crippen MR) is 114 cm³/mol. The molecule has 1 aliphatic rings. The van der Waals surface area contributed by atoms with Crippen molar-refractivity contribution in [2.45, 2.75) is 105 Å². The van der Waals surface area contributed by atoms with Crippen LogP contribution < -0.4 is 5.32 Å². The van der Waals surface area contributed by atoms with Crippen molar-refractivity contribution in [2.24, 2.45) is 5.92 Å². The highest BCUT2D eigenvalue weighted by molar-refractivity contribution is 5.19. The second-order valence-electron chi connectivity index (χ2n) is 8.61. The third kappa shape index (κ3) is 10.0. The van der Waals surface area contributed by atoms with Gasteiger partial charge in [0.2, 0.25) is 0 Å². The fraction of sp³-hybridized carbons (Fsp3) is 0.750. The van der Waals surface area contributed by atoms with Gasteiger partial charge in [-0.15, -0.1) is 0 Å². The van der Waals surface area contributed by atoms with E-state index < -0.39 is 0 Å². The number of rotatable bonds is 12. The minimum atomic E-state index is 0.571. The molecule has 0 bridgehead atoms. The lowest BCUT2D eigenvalue weighted by atomic mass is 9.88. The Morgan fingerprint density at radius 1 is 1.00 bits per heavy atom. The lowest BCUT2D eigenvalue weighted by molar-refractivity contribution is 0.553. The zero-order valence-electron chi connectivity index (χ0n) is 17.9. The van der Waals surface area contributed by atoms with Crippen molar-refractivity contribution in [2.75, 3.05) is 6.54 Å². The average molecular weight is 346 g/mol. The van der Waals surface area contributed by atoms with Gasteiger partial charge in [-0.2, -0.15) is 0 Å². The van der Waals surface area contributed by atoms with Crippen molar-refractivity contribution < 1.29 is 0 Å². The molecule has 1 aliphatic carbocycles. The Balaban J connectivity index is 2.15. The third-order valence-corrected chi connectivity index (χ3v) is 5.68. The molecule has 0 heterocycles. The van der Waals surface area contributed by atoms with Crippen molar-refractivity contribution in [3.8, 4) is 0 Å². The van der Waals surface area contributed by atoms with E-state index >= 15 is 0 Å². The fourth-order valence-electron chi connectivity index (χ4n) is 3.24. The Hall–Kier alpha value is -0.820. The van der Waals surface area contributed by atoms with E-state index in [4.69, 9.17) is 0 Å². The summed E-state index contributed by atoms with van der Waals surface area (Å²) in [6, 6.07) is 0.571. The summed E-state index contributed by atoms with van der Waals surface area (Å²) < 4.78 is 0. The minimum absolute atomic E-state index is 0.571. The number of hydrogen-bond donors (Lipinski definition) is 1.